The number of benzene rings is 1. The summed E-state index contributed by atoms with van der Waals surface area (Å²) in [5.74, 6) is 2.47. The number of hydrogen-bond donors (Lipinski definition) is 1. The van der Waals surface area contributed by atoms with E-state index in [1.54, 1.807) is 0 Å². The molecule has 0 radical (unpaired) electrons. The van der Waals surface area contributed by atoms with Gasteiger partial charge >= 0.3 is 0 Å². The molecule has 1 aliphatic rings. The highest BCUT2D eigenvalue weighted by atomic mass is 35.5. The van der Waals surface area contributed by atoms with Crippen molar-refractivity contribution in [2.45, 2.75) is 25.4 Å². The number of rotatable bonds is 5. The van der Waals surface area contributed by atoms with Gasteiger partial charge in [-0.2, -0.15) is 11.8 Å². The quantitative estimate of drug-likeness (QED) is 0.900. The van der Waals surface area contributed by atoms with E-state index < -0.39 is 0 Å². The van der Waals surface area contributed by atoms with Gasteiger partial charge in [-0.25, -0.2) is 0 Å². The van der Waals surface area contributed by atoms with Crippen LogP contribution in [0.5, 0.6) is 0 Å². The van der Waals surface area contributed by atoms with Gasteiger partial charge in [0.25, 0.3) is 0 Å². The number of halogens is 1. The first kappa shape index (κ1) is 15.2. The number of nitrogens with one attached hydrogen (secondary N) is 1. The fourth-order valence-electron chi connectivity index (χ4n) is 2.65. The summed E-state index contributed by atoms with van der Waals surface area (Å²) in [6.07, 6.45) is 1.05. The molecule has 1 heterocycles. The SMILES string of the molecule is CCNC(Cc1cccc(Cl)c1)C1CSCCN1C. The van der Waals surface area contributed by atoms with Crippen molar-refractivity contribution in [3.05, 3.63) is 34.9 Å². The van der Waals surface area contributed by atoms with Crippen LogP contribution in [0, 0.1) is 0 Å². The first-order valence-corrected chi connectivity index (χ1v) is 8.49. The van der Waals surface area contributed by atoms with Gasteiger partial charge in [0.15, 0.2) is 0 Å². The average molecular weight is 299 g/mol. The van der Waals surface area contributed by atoms with Crippen LogP contribution < -0.4 is 5.32 Å². The predicted octanol–water partition coefficient (Wildman–Crippen LogP) is 2.91. The van der Waals surface area contributed by atoms with E-state index in [4.69, 9.17) is 11.6 Å². The normalized spacial score (nSPS) is 22.4. The summed E-state index contributed by atoms with van der Waals surface area (Å²) in [5, 5.41) is 4.49. The monoisotopic (exact) mass is 298 g/mol. The van der Waals surface area contributed by atoms with Crippen molar-refractivity contribution in [2.24, 2.45) is 0 Å². The third-order valence-corrected chi connectivity index (χ3v) is 5.00. The second-order valence-corrected chi connectivity index (χ2v) is 6.71. The van der Waals surface area contributed by atoms with Crippen LogP contribution in [0.15, 0.2) is 24.3 Å². The lowest BCUT2D eigenvalue weighted by Gasteiger charge is -2.38. The van der Waals surface area contributed by atoms with Crippen molar-refractivity contribution in [1.29, 1.82) is 0 Å². The molecule has 0 aromatic heterocycles. The standard InChI is InChI=1S/C15H23ClN2S/c1-3-17-14(15-11-19-8-7-18(15)2)10-12-5-4-6-13(16)9-12/h4-6,9,14-15,17H,3,7-8,10-11H2,1-2H3. The second-order valence-electron chi connectivity index (χ2n) is 5.12. The topological polar surface area (TPSA) is 15.3 Å². The highest BCUT2D eigenvalue weighted by Crippen LogP contribution is 2.20. The van der Waals surface area contributed by atoms with E-state index in [0.29, 0.717) is 12.1 Å². The molecule has 1 aromatic carbocycles. The van der Waals surface area contributed by atoms with Crippen LogP contribution in [0.25, 0.3) is 0 Å². The zero-order chi connectivity index (χ0) is 13.7. The fourth-order valence-corrected chi connectivity index (χ4v) is 4.18. The molecule has 0 saturated carbocycles. The molecule has 1 saturated heterocycles. The van der Waals surface area contributed by atoms with Crippen LogP contribution >= 0.6 is 23.4 Å². The third-order valence-electron chi connectivity index (χ3n) is 3.72. The van der Waals surface area contributed by atoms with Crippen LogP contribution in [0.3, 0.4) is 0 Å². The van der Waals surface area contributed by atoms with Gasteiger partial charge in [0.05, 0.1) is 0 Å². The van der Waals surface area contributed by atoms with E-state index >= 15 is 0 Å². The fraction of sp³-hybridized carbons (Fsp3) is 0.600. The minimum absolute atomic E-state index is 0.501. The van der Waals surface area contributed by atoms with Crippen molar-refractivity contribution >= 4 is 23.4 Å². The molecule has 0 bridgehead atoms. The van der Waals surface area contributed by atoms with E-state index in [0.717, 1.165) is 18.0 Å². The molecule has 0 spiro atoms. The Hall–Kier alpha value is -0.220. The van der Waals surface area contributed by atoms with Gasteiger partial charge in [-0.3, -0.25) is 0 Å². The van der Waals surface area contributed by atoms with Gasteiger partial charge in [-0.15, -0.1) is 0 Å². The van der Waals surface area contributed by atoms with Gasteiger partial charge < -0.3 is 10.2 Å². The Kier molecular flexibility index (Phi) is 6.02. The Morgan fingerprint density at radius 2 is 2.37 bits per heavy atom. The number of thioether (sulfide) groups is 1. The zero-order valence-corrected chi connectivity index (χ0v) is 13.3. The van der Waals surface area contributed by atoms with E-state index in [1.165, 1.54) is 23.6 Å². The van der Waals surface area contributed by atoms with Gasteiger partial charge in [0.1, 0.15) is 0 Å². The summed E-state index contributed by atoms with van der Waals surface area (Å²) in [6.45, 7) is 4.38. The molecule has 2 unspecified atom stereocenters. The van der Waals surface area contributed by atoms with Crippen LogP contribution in [0.2, 0.25) is 5.02 Å². The van der Waals surface area contributed by atoms with Gasteiger partial charge in [-0.1, -0.05) is 30.7 Å². The van der Waals surface area contributed by atoms with Crippen molar-refractivity contribution < 1.29 is 0 Å². The maximum absolute atomic E-state index is 6.08. The van der Waals surface area contributed by atoms with Gasteiger partial charge in [0, 0.05) is 35.2 Å². The van der Waals surface area contributed by atoms with Gasteiger partial charge in [0.2, 0.25) is 0 Å². The molecule has 1 aromatic rings. The van der Waals surface area contributed by atoms with Crippen molar-refractivity contribution in [3.63, 3.8) is 0 Å². The van der Waals surface area contributed by atoms with Crippen LogP contribution in [-0.4, -0.2) is 48.6 Å². The molecule has 2 rings (SSSR count). The smallest absolute Gasteiger partial charge is 0.0408 e. The Bertz CT molecular complexity index is 399. The molecule has 2 atom stereocenters. The van der Waals surface area contributed by atoms with E-state index in [2.05, 4.69) is 48.1 Å². The highest BCUT2D eigenvalue weighted by Gasteiger charge is 2.27. The molecule has 0 aliphatic carbocycles. The van der Waals surface area contributed by atoms with Crippen LogP contribution in [0.1, 0.15) is 12.5 Å². The average Bonchev–Trinajstić information content (AvgIpc) is 2.39. The second kappa shape index (κ2) is 7.53. The van der Waals surface area contributed by atoms with Crippen molar-refractivity contribution in [3.8, 4) is 0 Å². The Balaban J connectivity index is 2.06. The van der Waals surface area contributed by atoms with E-state index in [-0.39, 0.29) is 0 Å². The number of hydrogen-bond acceptors (Lipinski definition) is 3. The van der Waals surface area contributed by atoms with Crippen LogP contribution in [-0.2, 0) is 6.42 Å². The molecule has 1 N–H and O–H groups in total. The molecule has 106 valence electrons. The highest BCUT2D eigenvalue weighted by molar-refractivity contribution is 7.99. The molecule has 19 heavy (non-hydrogen) atoms. The summed E-state index contributed by atoms with van der Waals surface area (Å²) < 4.78 is 0. The van der Waals surface area contributed by atoms with Crippen molar-refractivity contribution in [1.82, 2.24) is 10.2 Å². The molecular weight excluding hydrogens is 276 g/mol. The summed E-state index contributed by atoms with van der Waals surface area (Å²) in [6, 6.07) is 9.35. The van der Waals surface area contributed by atoms with E-state index in [1.807, 2.05) is 12.1 Å². The Morgan fingerprint density at radius 1 is 1.53 bits per heavy atom. The number of nitrogens with zero attached hydrogens (tertiary/aromatic N) is 1. The summed E-state index contributed by atoms with van der Waals surface area (Å²) in [5.41, 5.74) is 1.32. The molecule has 0 amide bonds. The molecule has 1 fully saturated rings. The minimum Gasteiger partial charge on any atom is -0.312 e. The molecule has 2 nitrogen and oxygen atoms in total. The summed E-state index contributed by atoms with van der Waals surface area (Å²) in [4.78, 5) is 2.49. The van der Waals surface area contributed by atoms with Crippen LogP contribution in [0.4, 0.5) is 0 Å². The minimum atomic E-state index is 0.501. The summed E-state index contributed by atoms with van der Waals surface area (Å²) in [7, 11) is 2.24. The van der Waals surface area contributed by atoms with Gasteiger partial charge in [-0.05, 0) is 37.7 Å². The Morgan fingerprint density at radius 3 is 3.05 bits per heavy atom. The maximum atomic E-state index is 6.08. The number of likely N-dealkylation sites (N-methyl/N-ethyl adjacent to an activating group) is 2. The molecular formula is C15H23ClN2S. The largest absolute Gasteiger partial charge is 0.312 e. The van der Waals surface area contributed by atoms with Crippen molar-refractivity contribution in [2.75, 3.05) is 31.6 Å². The summed E-state index contributed by atoms with van der Waals surface area (Å²) >= 11 is 8.15. The zero-order valence-electron chi connectivity index (χ0n) is 11.7. The lowest BCUT2D eigenvalue weighted by Crippen LogP contribution is -2.53. The molecule has 1 aliphatic heterocycles. The maximum Gasteiger partial charge on any atom is 0.0408 e. The lowest BCUT2D eigenvalue weighted by molar-refractivity contribution is 0.215. The predicted molar refractivity (Wildman–Crippen MR) is 86.4 cm³/mol. The third kappa shape index (κ3) is 4.38. The Labute approximate surface area is 125 Å². The first-order chi connectivity index (χ1) is 9.20. The first-order valence-electron chi connectivity index (χ1n) is 6.96. The van der Waals surface area contributed by atoms with E-state index in [9.17, 15) is 0 Å². The lowest BCUT2D eigenvalue weighted by atomic mass is 9.99. The molecule has 4 heteroatoms.